The largest absolute Gasteiger partial charge is 0.504 e. The van der Waals surface area contributed by atoms with E-state index in [1.807, 2.05) is 31.2 Å². The van der Waals surface area contributed by atoms with Crippen LogP contribution in [0.15, 0.2) is 36.4 Å². The number of phenols is 1. The molecular formula is C19H19NO8. The SMILES string of the molecule is Cc1ccc(C2Oc3cc(C(=O)OCCCCO[N+](=O)[O-])cc(O)c3O2)cc1. The highest BCUT2D eigenvalue weighted by Gasteiger charge is 2.30. The van der Waals surface area contributed by atoms with Crippen molar-refractivity contribution in [3.63, 3.8) is 0 Å². The molecule has 1 aliphatic rings. The van der Waals surface area contributed by atoms with E-state index in [-0.39, 0.29) is 36.0 Å². The fourth-order valence-electron chi connectivity index (χ4n) is 2.61. The van der Waals surface area contributed by atoms with Crippen molar-refractivity contribution in [2.75, 3.05) is 13.2 Å². The topological polar surface area (TPSA) is 117 Å². The molecule has 28 heavy (non-hydrogen) atoms. The van der Waals surface area contributed by atoms with Gasteiger partial charge < -0.3 is 24.2 Å². The van der Waals surface area contributed by atoms with Gasteiger partial charge in [0.2, 0.25) is 5.75 Å². The van der Waals surface area contributed by atoms with Crippen LogP contribution in [-0.2, 0) is 9.57 Å². The Labute approximate surface area is 160 Å². The Morgan fingerprint density at radius 3 is 2.61 bits per heavy atom. The summed E-state index contributed by atoms with van der Waals surface area (Å²) in [6.45, 7) is 1.98. The molecule has 1 N–H and O–H groups in total. The summed E-state index contributed by atoms with van der Waals surface area (Å²) in [4.78, 5) is 26.4. The zero-order chi connectivity index (χ0) is 20.1. The smallest absolute Gasteiger partial charge is 0.338 e. The van der Waals surface area contributed by atoms with Crippen molar-refractivity contribution in [2.24, 2.45) is 0 Å². The average Bonchev–Trinajstić information content (AvgIpc) is 3.09. The maximum Gasteiger partial charge on any atom is 0.338 e. The highest BCUT2D eigenvalue weighted by molar-refractivity contribution is 5.91. The number of ether oxygens (including phenoxy) is 3. The van der Waals surface area contributed by atoms with Gasteiger partial charge in [0.15, 0.2) is 11.5 Å². The Bertz CT molecular complexity index is 865. The molecule has 9 nitrogen and oxygen atoms in total. The first-order valence-corrected chi connectivity index (χ1v) is 8.65. The van der Waals surface area contributed by atoms with Gasteiger partial charge >= 0.3 is 5.97 Å². The molecule has 1 atom stereocenters. The highest BCUT2D eigenvalue weighted by atomic mass is 16.9. The summed E-state index contributed by atoms with van der Waals surface area (Å²) in [7, 11) is 0. The molecule has 2 aromatic carbocycles. The summed E-state index contributed by atoms with van der Waals surface area (Å²) >= 11 is 0. The van der Waals surface area contributed by atoms with Gasteiger partial charge in [-0.25, -0.2) is 4.79 Å². The fourth-order valence-corrected chi connectivity index (χ4v) is 2.61. The van der Waals surface area contributed by atoms with Crippen molar-refractivity contribution in [1.82, 2.24) is 0 Å². The maximum absolute atomic E-state index is 12.2. The number of fused-ring (bicyclic) bond motifs is 1. The van der Waals surface area contributed by atoms with Gasteiger partial charge in [-0.1, -0.05) is 29.8 Å². The van der Waals surface area contributed by atoms with Gasteiger partial charge in [0, 0.05) is 5.56 Å². The first-order valence-electron chi connectivity index (χ1n) is 8.65. The molecule has 9 heteroatoms. The monoisotopic (exact) mass is 389 g/mol. The van der Waals surface area contributed by atoms with E-state index in [4.69, 9.17) is 14.2 Å². The van der Waals surface area contributed by atoms with E-state index in [9.17, 15) is 20.0 Å². The lowest BCUT2D eigenvalue weighted by Gasteiger charge is -2.10. The summed E-state index contributed by atoms with van der Waals surface area (Å²) in [6.07, 6.45) is 0.0687. The lowest BCUT2D eigenvalue weighted by atomic mass is 10.1. The molecule has 2 aromatic rings. The molecule has 0 amide bonds. The fraction of sp³-hybridized carbons (Fsp3) is 0.316. The van der Waals surface area contributed by atoms with E-state index in [0.29, 0.717) is 12.8 Å². The number of hydrogen-bond donors (Lipinski definition) is 1. The van der Waals surface area contributed by atoms with E-state index in [1.165, 1.54) is 12.1 Å². The Morgan fingerprint density at radius 1 is 1.18 bits per heavy atom. The minimum absolute atomic E-state index is 0.0598. The maximum atomic E-state index is 12.2. The van der Waals surface area contributed by atoms with Gasteiger partial charge in [0.1, 0.15) is 0 Å². The van der Waals surface area contributed by atoms with Crippen LogP contribution in [0.25, 0.3) is 0 Å². The van der Waals surface area contributed by atoms with Gasteiger partial charge in [-0.3, -0.25) is 0 Å². The number of aromatic hydroxyl groups is 1. The predicted octanol–water partition coefficient (Wildman–Crippen LogP) is 3.32. The molecule has 0 saturated heterocycles. The summed E-state index contributed by atoms with van der Waals surface area (Å²) in [6, 6.07) is 10.3. The third-order valence-electron chi connectivity index (χ3n) is 4.05. The second kappa shape index (κ2) is 8.47. The number of carbonyl (C=O) groups is 1. The van der Waals surface area contributed by atoms with Crippen LogP contribution in [0.1, 0.15) is 40.6 Å². The van der Waals surface area contributed by atoms with Crippen LogP contribution in [0, 0.1) is 17.0 Å². The molecule has 0 aromatic heterocycles. The minimum Gasteiger partial charge on any atom is -0.504 e. The Balaban J connectivity index is 1.58. The van der Waals surface area contributed by atoms with Gasteiger partial charge in [-0.15, -0.1) is 10.1 Å². The van der Waals surface area contributed by atoms with Crippen molar-refractivity contribution < 1.29 is 34.0 Å². The Hall–Kier alpha value is -3.49. The minimum atomic E-state index is -0.870. The van der Waals surface area contributed by atoms with Crippen LogP contribution in [0.4, 0.5) is 0 Å². The molecule has 0 fully saturated rings. The molecule has 1 heterocycles. The third-order valence-corrected chi connectivity index (χ3v) is 4.05. The molecule has 0 bridgehead atoms. The number of unbranched alkanes of at least 4 members (excludes halogenated alkanes) is 1. The number of carbonyl (C=O) groups excluding carboxylic acids is 1. The molecular weight excluding hydrogens is 370 g/mol. The summed E-state index contributed by atoms with van der Waals surface area (Å²) in [5, 5.41) is 19.3. The van der Waals surface area contributed by atoms with E-state index < -0.39 is 17.3 Å². The van der Waals surface area contributed by atoms with Crippen molar-refractivity contribution in [3.8, 4) is 17.2 Å². The van der Waals surface area contributed by atoms with E-state index >= 15 is 0 Å². The molecule has 1 aliphatic heterocycles. The summed E-state index contributed by atoms with van der Waals surface area (Å²) < 4.78 is 16.5. The van der Waals surface area contributed by atoms with Crippen molar-refractivity contribution in [1.29, 1.82) is 0 Å². The third kappa shape index (κ3) is 4.61. The lowest BCUT2D eigenvalue weighted by Crippen LogP contribution is -2.08. The lowest BCUT2D eigenvalue weighted by molar-refractivity contribution is -0.757. The van der Waals surface area contributed by atoms with Crippen LogP contribution in [0.2, 0.25) is 0 Å². The first kappa shape index (κ1) is 19.3. The normalized spacial score (nSPS) is 14.5. The molecule has 1 unspecified atom stereocenters. The predicted molar refractivity (Wildman–Crippen MR) is 95.7 cm³/mol. The molecule has 0 saturated carbocycles. The quantitative estimate of drug-likeness (QED) is 0.316. The number of nitrogens with zero attached hydrogens (tertiary/aromatic N) is 1. The number of rotatable bonds is 8. The van der Waals surface area contributed by atoms with Gasteiger partial charge in [0.25, 0.3) is 11.4 Å². The number of aryl methyl sites for hydroxylation is 1. The average molecular weight is 389 g/mol. The van der Waals surface area contributed by atoms with Gasteiger partial charge in [-0.05, 0) is 31.9 Å². The molecule has 3 rings (SSSR count). The highest BCUT2D eigenvalue weighted by Crippen LogP contribution is 2.47. The standard InChI is InChI=1S/C19H19NO8/c1-12-4-6-13(7-5-12)19-27-16-11-14(10-15(21)17(16)28-19)18(22)25-8-2-3-9-26-20(23)24/h4-7,10-11,19,21H,2-3,8-9H2,1H3. The Morgan fingerprint density at radius 2 is 1.89 bits per heavy atom. The number of benzene rings is 2. The number of esters is 1. The Kier molecular flexibility index (Phi) is 5.83. The van der Waals surface area contributed by atoms with Gasteiger partial charge in [-0.2, -0.15) is 0 Å². The van der Waals surface area contributed by atoms with Crippen molar-refractivity contribution in [3.05, 3.63) is 63.2 Å². The number of hydrogen-bond acceptors (Lipinski definition) is 8. The summed E-state index contributed by atoms with van der Waals surface area (Å²) in [5.41, 5.74) is 1.99. The number of phenolic OH excluding ortho intramolecular Hbond substituents is 1. The molecule has 0 aliphatic carbocycles. The van der Waals surface area contributed by atoms with E-state index in [1.54, 1.807) is 0 Å². The van der Waals surface area contributed by atoms with Crippen LogP contribution in [0.3, 0.4) is 0 Å². The second-order valence-corrected chi connectivity index (χ2v) is 6.20. The second-order valence-electron chi connectivity index (χ2n) is 6.20. The molecule has 0 radical (unpaired) electrons. The zero-order valence-corrected chi connectivity index (χ0v) is 15.1. The van der Waals surface area contributed by atoms with E-state index in [2.05, 4.69) is 4.84 Å². The van der Waals surface area contributed by atoms with Crippen LogP contribution < -0.4 is 9.47 Å². The van der Waals surface area contributed by atoms with Crippen LogP contribution in [-0.4, -0.2) is 29.4 Å². The molecule has 0 spiro atoms. The van der Waals surface area contributed by atoms with Crippen molar-refractivity contribution in [2.45, 2.75) is 26.1 Å². The zero-order valence-electron chi connectivity index (χ0n) is 15.1. The van der Waals surface area contributed by atoms with Crippen molar-refractivity contribution >= 4 is 5.97 Å². The summed E-state index contributed by atoms with van der Waals surface area (Å²) in [5.74, 6) is -0.454. The van der Waals surface area contributed by atoms with Crippen LogP contribution in [0.5, 0.6) is 17.2 Å². The van der Waals surface area contributed by atoms with E-state index in [0.717, 1.165) is 11.1 Å². The van der Waals surface area contributed by atoms with Gasteiger partial charge in [0.05, 0.1) is 18.8 Å². The van der Waals surface area contributed by atoms with Crippen LogP contribution >= 0.6 is 0 Å². The first-order chi connectivity index (χ1) is 13.4. The molecule has 148 valence electrons.